The van der Waals surface area contributed by atoms with E-state index in [1.807, 2.05) is 19.9 Å². The highest BCUT2D eigenvalue weighted by Gasteiger charge is 2.28. The van der Waals surface area contributed by atoms with Gasteiger partial charge in [-0.1, -0.05) is 31.5 Å². The van der Waals surface area contributed by atoms with Gasteiger partial charge in [0, 0.05) is 16.8 Å². The molecule has 0 atom stereocenters. The molecule has 2 aromatic rings. The van der Waals surface area contributed by atoms with Crippen molar-refractivity contribution in [2.75, 3.05) is 5.32 Å². The molecule has 1 heterocycles. The van der Waals surface area contributed by atoms with Crippen LogP contribution in [0.3, 0.4) is 0 Å². The molecule has 0 amide bonds. The van der Waals surface area contributed by atoms with Crippen LogP contribution in [0.2, 0.25) is 5.02 Å². The summed E-state index contributed by atoms with van der Waals surface area (Å²) in [5, 5.41) is 3.36. The van der Waals surface area contributed by atoms with E-state index in [0.29, 0.717) is 22.8 Å². The Morgan fingerprint density at radius 2 is 2.13 bits per heavy atom. The van der Waals surface area contributed by atoms with Crippen LogP contribution in [0, 0.1) is 5.82 Å². The van der Waals surface area contributed by atoms with Gasteiger partial charge in [-0.3, -0.25) is 0 Å². The van der Waals surface area contributed by atoms with Crippen molar-refractivity contribution in [2.24, 2.45) is 5.73 Å². The zero-order valence-electron chi connectivity index (χ0n) is 12.7. The number of rotatable bonds is 4. The van der Waals surface area contributed by atoms with E-state index in [-0.39, 0.29) is 10.9 Å². The van der Waals surface area contributed by atoms with E-state index in [2.05, 4.69) is 26.2 Å². The first kappa shape index (κ1) is 18.1. The highest BCUT2D eigenvalue weighted by molar-refractivity contribution is 9.10. The first-order chi connectivity index (χ1) is 10.7. The third-order valence-electron chi connectivity index (χ3n) is 3.48. The summed E-state index contributed by atoms with van der Waals surface area (Å²) in [5.41, 5.74) is 6.43. The van der Waals surface area contributed by atoms with Crippen molar-refractivity contribution in [3.05, 3.63) is 56.9 Å². The minimum absolute atomic E-state index is 0.131. The second-order valence-corrected chi connectivity index (χ2v) is 7.42. The molecule has 1 aromatic heterocycles. The summed E-state index contributed by atoms with van der Waals surface area (Å²) in [6.45, 7) is 3.90. The second kappa shape index (κ2) is 7.11. The number of aromatic nitrogens is 1. The summed E-state index contributed by atoms with van der Waals surface area (Å²) in [6, 6.07) is 6.59. The molecule has 0 spiro atoms. The molecule has 0 bridgehead atoms. The van der Waals surface area contributed by atoms with Gasteiger partial charge in [0.2, 0.25) is 0 Å². The molecule has 0 aliphatic rings. The van der Waals surface area contributed by atoms with Gasteiger partial charge in [-0.15, -0.1) is 0 Å². The predicted molar refractivity (Wildman–Crippen MR) is 100 cm³/mol. The fourth-order valence-corrected chi connectivity index (χ4v) is 3.52. The van der Waals surface area contributed by atoms with Gasteiger partial charge in [0.15, 0.2) is 5.11 Å². The van der Waals surface area contributed by atoms with Crippen LogP contribution in [0.4, 0.5) is 10.2 Å². The van der Waals surface area contributed by atoms with Gasteiger partial charge in [0.25, 0.3) is 0 Å². The number of thiocarbonyl (C=S) groups is 1. The molecule has 1 aromatic carbocycles. The van der Waals surface area contributed by atoms with E-state index in [4.69, 9.17) is 29.6 Å². The molecule has 0 saturated carbocycles. The summed E-state index contributed by atoms with van der Waals surface area (Å²) >= 11 is 14.6. The quantitative estimate of drug-likeness (QED) is 0.702. The Bertz CT molecular complexity index is 732. The number of anilines is 1. The minimum atomic E-state index is -0.507. The molecule has 7 heteroatoms. The zero-order chi connectivity index (χ0) is 17.2. The van der Waals surface area contributed by atoms with Crippen LogP contribution in [0.25, 0.3) is 0 Å². The highest BCUT2D eigenvalue weighted by Crippen LogP contribution is 2.37. The molecule has 122 valence electrons. The predicted octanol–water partition coefficient (Wildman–Crippen LogP) is 4.81. The number of hydrogen-bond donors (Lipinski definition) is 2. The lowest BCUT2D eigenvalue weighted by Crippen LogP contribution is -2.24. The van der Waals surface area contributed by atoms with Gasteiger partial charge in [-0.25, -0.2) is 9.37 Å². The maximum Gasteiger partial charge on any atom is 0.169 e. The van der Waals surface area contributed by atoms with E-state index >= 15 is 0 Å². The molecule has 3 N–H and O–H groups in total. The van der Waals surface area contributed by atoms with Crippen LogP contribution in [0.1, 0.15) is 25.0 Å². The van der Waals surface area contributed by atoms with Crippen LogP contribution in [-0.2, 0) is 11.8 Å². The maximum atomic E-state index is 14.2. The molecular weight excluding hydrogens is 401 g/mol. The number of nitrogens with one attached hydrogen (secondary N) is 1. The lowest BCUT2D eigenvalue weighted by Gasteiger charge is -2.27. The summed E-state index contributed by atoms with van der Waals surface area (Å²) in [4.78, 5) is 4.19. The second-order valence-electron chi connectivity index (χ2n) is 5.78. The highest BCUT2D eigenvalue weighted by atomic mass is 79.9. The van der Waals surface area contributed by atoms with Gasteiger partial charge in [0.05, 0.1) is 4.47 Å². The Hall–Kier alpha value is -1.24. The lowest BCUT2D eigenvalue weighted by atomic mass is 9.79. The van der Waals surface area contributed by atoms with Crippen LogP contribution in [-0.4, -0.2) is 10.1 Å². The summed E-state index contributed by atoms with van der Waals surface area (Å²) in [6.07, 6.45) is 2.21. The molecule has 0 fully saturated rings. The van der Waals surface area contributed by atoms with Crippen molar-refractivity contribution in [3.8, 4) is 0 Å². The largest absolute Gasteiger partial charge is 0.376 e. The fraction of sp³-hybridized carbons (Fsp3) is 0.250. The van der Waals surface area contributed by atoms with Gasteiger partial charge < -0.3 is 11.1 Å². The van der Waals surface area contributed by atoms with Crippen molar-refractivity contribution in [1.82, 2.24) is 4.98 Å². The minimum Gasteiger partial charge on any atom is -0.376 e. The smallest absolute Gasteiger partial charge is 0.169 e. The molecular formula is C16H16BrClFN3S. The fourth-order valence-electron chi connectivity index (χ4n) is 2.53. The van der Waals surface area contributed by atoms with Crippen LogP contribution >= 0.6 is 39.7 Å². The third kappa shape index (κ3) is 4.19. The third-order valence-corrected chi connectivity index (χ3v) is 4.78. The topological polar surface area (TPSA) is 50.9 Å². The standard InChI is InChI=1S/C16H16BrClFN3S/c1-16(2,12-10(18)4-3-5-11(12)19)8-9-6-7-21-14(13(9)17)22-15(20)23/h3-7H,8H2,1-2H3,(H3,20,21,22,23). The number of halogens is 3. The number of nitrogens with zero attached hydrogens (tertiary/aromatic N) is 1. The number of pyridine rings is 1. The van der Waals surface area contributed by atoms with E-state index in [0.717, 1.165) is 10.0 Å². The van der Waals surface area contributed by atoms with E-state index < -0.39 is 5.41 Å². The summed E-state index contributed by atoms with van der Waals surface area (Å²) < 4.78 is 15.0. The molecule has 0 unspecified atom stereocenters. The van der Waals surface area contributed by atoms with Crippen molar-refractivity contribution in [2.45, 2.75) is 25.7 Å². The molecule has 0 aliphatic carbocycles. The van der Waals surface area contributed by atoms with Crippen LogP contribution < -0.4 is 11.1 Å². The molecule has 0 aliphatic heterocycles. The monoisotopic (exact) mass is 415 g/mol. The summed E-state index contributed by atoms with van der Waals surface area (Å²) in [5.74, 6) is 0.222. The Balaban J connectivity index is 2.40. The Labute approximate surface area is 153 Å². The average molecular weight is 417 g/mol. The van der Waals surface area contributed by atoms with E-state index in [1.165, 1.54) is 6.07 Å². The zero-order valence-corrected chi connectivity index (χ0v) is 15.8. The number of hydrogen-bond acceptors (Lipinski definition) is 2. The number of nitrogens with two attached hydrogens (primary N) is 1. The molecule has 0 saturated heterocycles. The lowest BCUT2D eigenvalue weighted by molar-refractivity contribution is 0.480. The van der Waals surface area contributed by atoms with E-state index in [9.17, 15) is 4.39 Å². The van der Waals surface area contributed by atoms with Gasteiger partial charge in [-0.05, 0) is 63.7 Å². The van der Waals surface area contributed by atoms with Crippen molar-refractivity contribution < 1.29 is 4.39 Å². The van der Waals surface area contributed by atoms with Gasteiger partial charge >= 0.3 is 0 Å². The average Bonchev–Trinajstić information content (AvgIpc) is 2.42. The molecule has 23 heavy (non-hydrogen) atoms. The normalized spacial score (nSPS) is 11.3. The molecule has 2 rings (SSSR count). The first-order valence-electron chi connectivity index (χ1n) is 6.86. The van der Waals surface area contributed by atoms with E-state index in [1.54, 1.807) is 18.3 Å². The maximum absolute atomic E-state index is 14.2. The Morgan fingerprint density at radius 3 is 2.74 bits per heavy atom. The Morgan fingerprint density at radius 1 is 1.43 bits per heavy atom. The van der Waals surface area contributed by atoms with Crippen molar-refractivity contribution in [3.63, 3.8) is 0 Å². The van der Waals surface area contributed by atoms with Crippen molar-refractivity contribution >= 4 is 50.7 Å². The molecule has 3 nitrogen and oxygen atoms in total. The van der Waals surface area contributed by atoms with Crippen LogP contribution in [0.5, 0.6) is 0 Å². The van der Waals surface area contributed by atoms with Gasteiger partial charge in [0.1, 0.15) is 11.6 Å². The first-order valence-corrected chi connectivity index (χ1v) is 8.44. The molecule has 0 radical (unpaired) electrons. The number of benzene rings is 1. The SMILES string of the molecule is CC(C)(Cc1ccnc(NC(N)=S)c1Br)c1c(F)cccc1Cl. The van der Waals surface area contributed by atoms with Crippen LogP contribution in [0.15, 0.2) is 34.9 Å². The van der Waals surface area contributed by atoms with Gasteiger partial charge in [-0.2, -0.15) is 0 Å². The Kier molecular flexibility index (Phi) is 5.60. The van der Waals surface area contributed by atoms with Crippen molar-refractivity contribution in [1.29, 1.82) is 0 Å². The summed E-state index contributed by atoms with van der Waals surface area (Å²) in [7, 11) is 0.